The molecule has 5 heteroatoms. The van der Waals surface area contributed by atoms with Gasteiger partial charge in [0.2, 0.25) is 5.91 Å². The number of hydrogen-bond acceptors (Lipinski definition) is 3. The van der Waals surface area contributed by atoms with E-state index in [9.17, 15) is 9.59 Å². The largest absolute Gasteiger partial charge is 0.479 e. The third-order valence-electron chi connectivity index (χ3n) is 4.45. The topological polar surface area (TPSA) is 66.8 Å². The molecule has 0 bridgehead atoms. The highest BCUT2D eigenvalue weighted by Crippen LogP contribution is 2.50. The fourth-order valence-corrected chi connectivity index (χ4v) is 3.12. The van der Waals surface area contributed by atoms with Gasteiger partial charge in [0, 0.05) is 6.54 Å². The summed E-state index contributed by atoms with van der Waals surface area (Å²) in [4.78, 5) is 25.6. The maximum Gasteiger partial charge on any atom is 0.334 e. The number of rotatable bonds is 3. The van der Waals surface area contributed by atoms with Gasteiger partial charge in [0.25, 0.3) is 0 Å². The molecule has 2 aliphatic rings. The van der Waals surface area contributed by atoms with E-state index >= 15 is 0 Å². The van der Waals surface area contributed by atoms with E-state index in [-0.39, 0.29) is 19.1 Å². The van der Waals surface area contributed by atoms with Crippen LogP contribution in [0.25, 0.3) is 0 Å². The van der Waals surface area contributed by atoms with Crippen molar-refractivity contribution in [3.63, 3.8) is 0 Å². The Morgan fingerprint density at radius 1 is 1.33 bits per heavy atom. The molecule has 1 unspecified atom stereocenters. The first-order valence-corrected chi connectivity index (χ1v) is 7.24. The summed E-state index contributed by atoms with van der Waals surface area (Å²) in [5.74, 6) is -0.959. The summed E-state index contributed by atoms with van der Waals surface area (Å²) in [6.07, 6.45) is 0.771. The van der Waals surface area contributed by atoms with Gasteiger partial charge in [-0.25, -0.2) is 4.79 Å². The SMILES string of the molecule is Cc1ccccc1C1(C(=O)N2CCOC(C(=O)O)C2)CC1. The number of hydrogen-bond donors (Lipinski definition) is 1. The van der Waals surface area contributed by atoms with Gasteiger partial charge in [0.1, 0.15) is 0 Å². The number of carbonyl (C=O) groups is 2. The summed E-state index contributed by atoms with van der Waals surface area (Å²) in [5, 5.41) is 9.05. The van der Waals surface area contributed by atoms with Crippen LogP contribution in [0.15, 0.2) is 24.3 Å². The Morgan fingerprint density at radius 2 is 2.05 bits per heavy atom. The number of amides is 1. The second-order valence-corrected chi connectivity index (χ2v) is 5.85. The average Bonchev–Trinajstić information content (AvgIpc) is 3.28. The highest BCUT2D eigenvalue weighted by molar-refractivity contribution is 5.92. The minimum Gasteiger partial charge on any atom is -0.479 e. The molecule has 1 aromatic rings. The molecule has 5 nitrogen and oxygen atoms in total. The molecule has 1 aliphatic heterocycles. The third kappa shape index (κ3) is 2.42. The molecule has 0 radical (unpaired) electrons. The van der Waals surface area contributed by atoms with Crippen LogP contribution in [0.2, 0.25) is 0 Å². The summed E-state index contributed by atoms with van der Waals surface area (Å²) in [6.45, 7) is 2.91. The average molecular weight is 289 g/mol. The van der Waals surface area contributed by atoms with Crippen LogP contribution in [0, 0.1) is 6.92 Å². The number of carbonyl (C=O) groups excluding carboxylic acids is 1. The Bertz CT molecular complexity index is 579. The highest BCUT2D eigenvalue weighted by atomic mass is 16.5. The number of aryl methyl sites for hydroxylation is 1. The molecule has 2 fully saturated rings. The fourth-order valence-electron chi connectivity index (χ4n) is 3.12. The van der Waals surface area contributed by atoms with Crippen LogP contribution in [0.4, 0.5) is 0 Å². The molecule has 1 saturated carbocycles. The molecule has 21 heavy (non-hydrogen) atoms. The minimum absolute atomic E-state index is 0.0475. The maximum absolute atomic E-state index is 12.9. The standard InChI is InChI=1S/C16H19NO4/c1-11-4-2-3-5-12(11)16(6-7-16)15(20)17-8-9-21-13(10-17)14(18)19/h2-5,13H,6-10H2,1H3,(H,18,19). The second-order valence-electron chi connectivity index (χ2n) is 5.85. The van der Waals surface area contributed by atoms with Gasteiger partial charge < -0.3 is 14.7 Å². The van der Waals surface area contributed by atoms with Crippen molar-refractivity contribution in [3.05, 3.63) is 35.4 Å². The molecule has 1 aliphatic carbocycles. The Balaban J connectivity index is 1.82. The van der Waals surface area contributed by atoms with Gasteiger partial charge in [0.05, 0.1) is 18.6 Å². The quantitative estimate of drug-likeness (QED) is 0.912. The molecule has 112 valence electrons. The van der Waals surface area contributed by atoms with Crippen molar-refractivity contribution in [3.8, 4) is 0 Å². The van der Waals surface area contributed by atoms with Crippen LogP contribution in [-0.2, 0) is 19.7 Å². The molecule has 0 aromatic heterocycles. The molecular formula is C16H19NO4. The van der Waals surface area contributed by atoms with Crippen LogP contribution in [0.5, 0.6) is 0 Å². The molecule has 1 heterocycles. The summed E-state index contributed by atoms with van der Waals surface area (Å²) >= 11 is 0. The van der Waals surface area contributed by atoms with Gasteiger partial charge in [-0.05, 0) is 30.9 Å². The third-order valence-corrected chi connectivity index (χ3v) is 4.45. The molecule has 1 aromatic carbocycles. The fraction of sp³-hybridized carbons (Fsp3) is 0.500. The zero-order valence-corrected chi connectivity index (χ0v) is 12.0. The Morgan fingerprint density at radius 3 is 2.67 bits per heavy atom. The summed E-state index contributed by atoms with van der Waals surface area (Å²) in [6, 6.07) is 7.95. The Kier molecular flexibility index (Phi) is 3.45. The first-order chi connectivity index (χ1) is 10.0. The van der Waals surface area contributed by atoms with Crippen LogP contribution < -0.4 is 0 Å². The van der Waals surface area contributed by atoms with E-state index in [1.165, 1.54) is 0 Å². The summed E-state index contributed by atoms with van der Waals surface area (Å²) < 4.78 is 5.19. The molecule has 1 atom stereocenters. The lowest BCUT2D eigenvalue weighted by Crippen LogP contribution is -2.51. The van der Waals surface area contributed by atoms with E-state index in [1.54, 1.807) is 4.90 Å². The molecule has 1 saturated heterocycles. The van der Waals surface area contributed by atoms with Crippen molar-refractivity contribution in [1.82, 2.24) is 4.90 Å². The van der Waals surface area contributed by atoms with Crippen molar-refractivity contribution in [2.75, 3.05) is 19.7 Å². The van der Waals surface area contributed by atoms with Gasteiger partial charge in [-0.15, -0.1) is 0 Å². The van der Waals surface area contributed by atoms with Gasteiger partial charge in [-0.3, -0.25) is 4.79 Å². The number of carboxylic acids is 1. The van der Waals surface area contributed by atoms with E-state index in [0.29, 0.717) is 6.54 Å². The van der Waals surface area contributed by atoms with Gasteiger partial charge in [0.15, 0.2) is 6.10 Å². The van der Waals surface area contributed by atoms with E-state index < -0.39 is 17.5 Å². The summed E-state index contributed by atoms with van der Waals surface area (Å²) in [7, 11) is 0. The Labute approximate surface area is 123 Å². The van der Waals surface area contributed by atoms with Gasteiger partial charge in [-0.1, -0.05) is 24.3 Å². The van der Waals surface area contributed by atoms with Gasteiger partial charge in [-0.2, -0.15) is 0 Å². The van der Waals surface area contributed by atoms with E-state index in [1.807, 2.05) is 31.2 Å². The highest BCUT2D eigenvalue weighted by Gasteiger charge is 2.54. The van der Waals surface area contributed by atoms with Crippen LogP contribution in [0.3, 0.4) is 0 Å². The molecule has 1 N–H and O–H groups in total. The Hall–Kier alpha value is -1.88. The normalized spacial score (nSPS) is 23.7. The first-order valence-electron chi connectivity index (χ1n) is 7.24. The number of morpholine rings is 1. The van der Waals surface area contributed by atoms with Crippen molar-refractivity contribution in [2.24, 2.45) is 0 Å². The van der Waals surface area contributed by atoms with Crippen LogP contribution in [-0.4, -0.2) is 47.7 Å². The van der Waals surface area contributed by atoms with E-state index in [4.69, 9.17) is 9.84 Å². The van der Waals surface area contributed by atoms with Crippen LogP contribution >= 0.6 is 0 Å². The number of carboxylic acid groups (broad SMARTS) is 1. The molecule has 3 rings (SSSR count). The molecule has 1 amide bonds. The van der Waals surface area contributed by atoms with E-state index in [0.717, 1.165) is 24.0 Å². The van der Waals surface area contributed by atoms with Gasteiger partial charge >= 0.3 is 5.97 Å². The molecular weight excluding hydrogens is 270 g/mol. The van der Waals surface area contributed by atoms with E-state index in [2.05, 4.69) is 0 Å². The first kappa shape index (κ1) is 14.1. The number of nitrogens with zero attached hydrogens (tertiary/aromatic N) is 1. The van der Waals surface area contributed by atoms with Crippen molar-refractivity contribution in [1.29, 1.82) is 0 Å². The smallest absolute Gasteiger partial charge is 0.334 e. The zero-order valence-electron chi connectivity index (χ0n) is 12.0. The minimum atomic E-state index is -1.01. The van der Waals surface area contributed by atoms with Crippen molar-refractivity contribution in [2.45, 2.75) is 31.3 Å². The lowest BCUT2D eigenvalue weighted by molar-refractivity contribution is -0.160. The van der Waals surface area contributed by atoms with Crippen LogP contribution in [0.1, 0.15) is 24.0 Å². The number of ether oxygens (including phenoxy) is 1. The zero-order chi connectivity index (χ0) is 15.0. The number of benzene rings is 1. The summed E-state index contributed by atoms with van der Waals surface area (Å²) in [5.41, 5.74) is 1.76. The second kappa shape index (κ2) is 5.15. The maximum atomic E-state index is 12.9. The van der Waals surface area contributed by atoms with Crippen molar-refractivity contribution >= 4 is 11.9 Å². The van der Waals surface area contributed by atoms with Crippen molar-refractivity contribution < 1.29 is 19.4 Å². The molecule has 0 spiro atoms. The lowest BCUT2D eigenvalue weighted by atomic mass is 9.90. The predicted molar refractivity (Wildman–Crippen MR) is 76.0 cm³/mol. The predicted octanol–water partition coefficient (Wildman–Crippen LogP) is 1.34. The number of aliphatic carboxylic acids is 1. The lowest BCUT2D eigenvalue weighted by Gasteiger charge is -2.34. The monoisotopic (exact) mass is 289 g/mol.